The van der Waals surface area contributed by atoms with E-state index in [9.17, 15) is 18.7 Å². The number of hydrogen-bond acceptors (Lipinski definition) is 2. The van der Waals surface area contributed by atoms with Gasteiger partial charge in [-0.25, -0.2) is 8.78 Å². The van der Waals surface area contributed by atoms with Crippen LogP contribution in [0.15, 0.2) is 36.4 Å². The molecule has 92 valence electrons. The van der Waals surface area contributed by atoms with E-state index in [4.69, 9.17) is 0 Å². The maximum Gasteiger partial charge on any atom is 0.202 e. The van der Waals surface area contributed by atoms with Gasteiger partial charge in [-0.15, -0.1) is 0 Å². The lowest BCUT2D eigenvalue weighted by Crippen LogP contribution is -2.07. The standard InChI is InChI=1S/C14H10F2O2/c1-8-5-6-9(12(17)7-8)14(18)13-10(15)3-2-4-11(13)16/h2-7,17H,1H3. The van der Waals surface area contributed by atoms with Crippen LogP contribution in [-0.4, -0.2) is 10.9 Å². The van der Waals surface area contributed by atoms with E-state index in [-0.39, 0.29) is 11.3 Å². The van der Waals surface area contributed by atoms with Gasteiger partial charge in [-0.1, -0.05) is 12.1 Å². The van der Waals surface area contributed by atoms with Gasteiger partial charge in [0.25, 0.3) is 0 Å². The molecule has 0 atom stereocenters. The summed E-state index contributed by atoms with van der Waals surface area (Å²) >= 11 is 0. The highest BCUT2D eigenvalue weighted by Crippen LogP contribution is 2.24. The van der Waals surface area contributed by atoms with E-state index in [1.54, 1.807) is 13.0 Å². The summed E-state index contributed by atoms with van der Waals surface area (Å²) in [7, 11) is 0. The van der Waals surface area contributed by atoms with Gasteiger partial charge in [-0.3, -0.25) is 4.79 Å². The van der Waals surface area contributed by atoms with Crippen molar-refractivity contribution in [3.63, 3.8) is 0 Å². The monoisotopic (exact) mass is 248 g/mol. The molecule has 0 aliphatic heterocycles. The molecule has 0 saturated heterocycles. The third-order valence-corrected chi connectivity index (χ3v) is 2.59. The minimum absolute atomic E-state index is 0.121. The first-order valence-corrected chi connectivity index (χ1v) is 5.29. The molecule has 2 rings (SSSR count). The number of halogens is 2. The first-order valence-electron chi connectivity index (χ1n) is 5.29. The molecule has 0 spiro atoms. The second kappa shape index (κ2) is 4.56. The van der Waals surface area contributed by atoms with E-state index in [1.807, 2.05) is 0 Å². The van der Waals surface area contributed by atoms with Crippen molar-refractivity contribution in [1.29, 1.82) is 0 Å². The minimum atomic E-state index is -0.944. The second-order valence-electron chi connectivity index (χ2n) is 3.95. The number of hydrogen-bond donors (Lipinski definition) is 1. The lowest BCUT2D eigenvalue weighted by molar-refractivity contribution is 0.102. The normalized spacial score (nSPS) is 10.4. The average Bonchev–Trinajstić information content (AvgIpc) is 2.28. The van der Waals surface area contributed by atoms with Crippen LogP contribution in [0.4, 0.5) is 8.78 Å². The fourth-order valence-corrected chi connectivity index (χ4v) is 1.68. The topological polar surface area (TPSA) is 37.3 Å². The smallest absolute Gasteiger partial charge is 0.202 e. The Kier molecular flexibility index (Phi) is 3.10. The van der Waals surface area contributed by atoms with Gasteiger partial charge in [-0.2, -0.15) is 0 Å². The van der Waals surface area contributed by atoms with Crippen molar-refractivity contribution in [2.45, 2.75) is 6.92 Å². The number of benzene rings is 2. The van der Waals surface area contributed by atoms with E-state index >= 15 is 0 Å². The Labute approximate surface area is 103 Å². The van der Waals surface area contributed by atoms with E-state index in [0.29, 0.717) is 0 Å². The summed E-state index contributed by atoms with van der Waals surface area (Å²) in [5.41, 5.74) is -0.0284. The van der Waals surface area contributed by atoms with E-state index in [0.717, 1.165) is 17.7 Å². The zero-order chi connectivity index (χ0) is 13.3. The molecule has 18 heavy (non-hydrogen) atoms. The Bertz CT molecular complexity index is 601. The number of rotatable bonds is 2. The van der Waals surface area contributed by atoms with Crippen LogP contribution in [0.5, 0.6) is 5.75 Å². The Morgan fingerprint density at radius 3 is 2.28 bits per heavy atom. The predicted molar refractivity (Wildman–Crippen MR) is 62.6 cm³/mol. The summed E-state index contributed by atoms with van der Waals surface area (Å²) in [6, 6.07) is 7.48. The maximum absolute atomic E-state index is 13.5. The van der Waals surface area contributed by atoms with Crippen molar-refractivity contribution in [2.24, 2.45) is 0 Å². The maximum atomic E-state index is 13.5. The third-order valence-electron chi connectivity index (χ3n) is 2.59. The number of carbonyl (C=O) groups is 1. The van der Waals surface area contributed by atoms with Crippen LogP contribution in [0.2, 0.25) is 0 Å². The van der Waals surface area contributed by atoms with Crippen LogP contribution < -0.4 is 0 Å². The van der Waals surface area contributed by atoms with Crippen LogP contribution in [0.25, 0.3) is 0 Å². The van der Waals surface area contributed by atoms with Gasteiger partial charge in [0.15, 0.2) is 0 Å². The second-order valence-corrected chi connectivity index (χ2v) is 3.95. The summed E-state index contributed by atoms with van der Waals surface area (Å²) in [6.45, 7) is 1.73. The molecule has 0 bridgehead atoms. The molecule has 2 aromatic carbocycles. The summed E-state index contributed by atoms with van der Waals surface area (Å²) < 4.78 is 26.9. The molecular weight excluding hydrogens is 238 g/mol. The van der Waals surface area contributed by atoms with Gasteiger partial charge in [-0.05, 0) is 36.8 Å². The molecule has 0 aliphatic carbocycles. The highest BCUT2D eigenvalue weighted by atomic mass is 19.1. The zero-order valence-electron chi connectivity index (χ0n) is 9.58. The van der Waals surface area contributed by atoms with Gasteiger partial charge >= 0.3 is 0 Å². The molecule has 2 aromatic rings. The van der Waals surface area contributed by atoms with Gasteiger partial charge in [0.1, 0.15) is 17.4 Å². The van der Waals surface area contributed by atoms with Crippen molar-refractivity contribution < 1.29 is 18.7 Å². The largest absolute Gasteiger partial charge is 0.507 e. The molecule has 0 heterocycles. The van der Waals surface area contributed by atoms with Crippen LogP contribution in [0.3, 0.4) is 0 Å². The van der Waals surface area contributed by atoms with Crippen LogP contribution in [-0.2, 0) is 0 Å². The summed E-state index contributed by atoms with van der Waals surface area (Å²) in [4.78, 5) is 12.0. The van der Waals surface area contributed by atoms with Gasteiger partial charge in [0.2, 0.25) is 5.78 Å². The van der Waals surface area contributed by atoms with Crippen LogP contribution in [0.1, 0.15) is 21.5 Å². The lowest BCUT2D eigenvalue weighted by Gasteiger charge is -2.06. The van der Waals surface area contributed by atoms with Crippen molar-refractivity contribution >= 4 is 5.78 Å². The number of phenols is 1. The third kappa shape index (κ3) is 2.09. The highest BCUT2D eigenvalue weighted by Gasteiger charge is 2.21. The first kappa shape index (κ1) is 12.2. The number of ketones is 1. The number of aryl methyl sites for hydroxylation is 1. The number of carbonyl (C=O) groups excluding carboxylic acids is 1. The SMILES string of the molecule is Cc1ccc(C(=O)c2c(F)cccc2F)c(O)c1. The fourth-order valence-electron chi connectivity index (χ4n) is 1.68. The van der Waals surface area contributed by atoms with Crippen molar-refractivity contribution in [3.8, 4) is 5.75 Å². The summed E-state index contributed by atoms with van der Waals surface area (Å²) in [5, 5.41) is 9.64. The highest BCUT2D eigenvalue weighted by molar-refractivity contribution is 6.11. The Morgan fingerprint density at radius 1 is 1.11 bits per heavy atom. The van der Waals surface area contributed by atoms with Crippen LogP contribution in [0, 0.1) is 18.6 Å². The Morgan fingerprint density at radius 2 is 1.72 bits per heavy atom. The molecule has 0 saturated carbocycles. The lowest BCUT2D eigenvalue weighted by atomic mass is 10.0. The van der Waals surface area contributed by atoms with E-state index in [1.165, 1.54) is 18.2 Å². The van der Waals surface area contributed by atoms with E-state index < -0.39 is 23.0 Å². The molecule has 0 radical (unpaired) electrons. The number of aromatic hydroxyl groups is 1. The summed E-state index contributed by atoms with van der Waals surface area (Å²) in [6.07, 6.45) is 0. The van der Waals surface area contributed by atoms with E-state index in [2.05, 4.69) is 0 Å². The van der Waals surface area contributed by atoms with Gasteiger partial charge < -0.3 is 5.11 Å². The average molecular weight is 248 g/mol. The van der Waals surface area contributed by atoms with Gasteiger partial charge in [0, 0.05) is 0 Å². The summed E-state index contributed by atoms with van der Waals surface area (Å²) in [5.74, 6) is -3.05. The molecule has 4 heteroatoms. The van der Waals surface area contributed by atoms with Crippen molar-refractivity contribution in [2.75, 3.05) is 0 Å². The van der Waals surface area contributed by atoms with Crippen LogP contribution >= 0.6 is 0 Å². The quantitative estimate of drug-likeness (QED) is 0.828. The molecule has 0 unspecified atom stereocenters. The minimum Gasteiger partial charge on any atom is -0.507 e. The van der Waals surface area contributed by atoms with Crippen molar-refractivity contribution in [3.05, 3.63) is 64.7 Å². The molecule has 1 N–H and O–H groups in total. The Balaban J connectivity index is 2.55. The Hall–Kier alpha value is -2.23. The van der Waals surface area contributed by atoms with Crippen molar-refractivity contribution in [1.82, 2.24) is 0 Å². The number of phenolic OH excluding ortho intramolecular Hbond substituents is 1. The molecule has 0 fully saturated rings. The van der Waals surface area contributed by atoms with Gasteiger partial charge in [0.05, 0.1) is 11.1 Å². The first-order chi connectivity index (χ1) is 8.50. The predicted octanol–water partition coefficient (Wildman–Crippen LogP) is 3.21. The molecule has 0 aliphatic rings. The zero-order valence-corrected chi connectivity index (χ0v) is 9.58. The molecule has 0 amide bonds. The molecule has 2 nitrogen and oxygen atoms in total. The fraction of sp³-hybridized carbons (Fsp3) is 0.0714. The molecule has 0 aromatic heterocycles. The molecular formula is C14H10F2O2.